The first-order valence-corrected chi connectivity index (χ1v) is 10.1. The van der Waals surface area contributed by atoms with Gasteiger partial charge < -0.3 is 9.80 Å². The van der Waals surface area contributed by atoms with Crippen molar-refractivity contribution in [2.75, 3.05) is 19.6 Å². The minimum Gasteiger partial charge on any atom is -0.340 e. The number of amides is 2. The number of sulfonamides is 1. The van der Waals surface area contributed by atoms with Crippen molar-refractivity contribution in [2.45, 2.75) is 63.2 Å². The molecule has 0 aromatic heterocycles. The Kier molecular flexibility index (Phi) is 6.02. The molecule has 2 saturated heterocycles. The molecule has 2 atom stereocenters. The van der Waals surface area contributed by atoms with Crippen molar-refractivity contribution in [3.63, 3.8) is 0 Å². The van der Waals surface area contributed by atoms with Crippen molar-refractivity contribution in [3.8, 4) is 0 Å². The van der Waals surface area contributed by atoms with Gasteiger partial charge in [0, 0.05) is 26.1 Å². The summed E-state index contributed by atoms with van der Waals surface area (Å²) in [7, 11) is -3.64. The van der Waals surface area contributed by atoms with Gasteiger partial charge in [-0.1, -0.05) is 6.92 Å². The van der Waals surface area contributed by atoms with Crippen molar-refractivity contribution in [2.24, 2.45) is 5.14 Å². The molecule has 0 aromatic rings. The van der Waals surface area contributed by atoms with E-state index in [2.05, 4.69) is 0 Å². The third-order valence-corrected chi connectivity index (χ3v) is 6.04. The van der Waals surface area contributed by atoms with Gasteiger partial charge in [0.1, 0.15) is 6.04 Å². The molecule has 2 fully saturated rings. The summed E-state index contributed by atoms with van der Waals surface area (Å²) in [6, 6.07) is -0.443. The lowest BCUT2D eigenvalue weighted by Crippen LogP contribution is -2.56. The van der Waals surface area contributed by atoms with E-state index in [4.69, 9.17) is 5.14 Å². The van der Waals surface area contributed by atoms with Gasteiger partial charge >= 0.3 is 0 Å². The molecule has 7 nitrogen and oxygen atoms in total. The average Bonchev–Trinajstić information content (AvgIpc) is 2.54. The Balaban J connectivity index is 2.09. The van der Waals surface area contributed by atoms with Gasteiger partial charge in [0.05, 0.1) is 5.25 Å². The Labute approximate surface area is 138 Å². The summed E-state index contributed by atoms with van der Waals surface area (Å²) in [6.07, 6.45) is 4.81. The molecule has 8 heteroatoms. The Morgan fingerprint density at radius 1 is 1.13 bits per heavy atom. The number of primary sulfonamides is 1. The van der Waals surface area contributed by atoms with Crippen LogP contribution in [0.3, 0.4) is 0 Å². The molecule has 2 unspecified atom stereocenters. The smallest absolute Gasteiger partial charge is 0.245 e. The van der Waals surface area contributed by atoms with Crippen molar-refractivity contribution in [1.29, 1.82) is 0 Å². The van der Waals surface area contributed by atoms with Crippen LogP contribution < -0.4 is 5.14 Å². The first-order chi connectivity index (χ1) is 10.8. The molecular weight excluding hydrogens is 318 g/mol. The monoisotopic (exact) mass is 345 g/mol. The fourth-order valence-corrected chi connectivity index (χ4v) is 4.34. The van der Waals surface area contributed by atoms with Crippen molar-refractivity contribution >= 4 is 21.8 Å². The van der Waals surface area contributed by atoms with Crippen LogP contribution in [0.25, 0.3) is 0 Å². The molecule has 2 N–H and O–H groups in total. The number of hydrogen-bond acceptors (Lipinski definition) is 4. The lowest BCUT2D eigenvalue weighted by Gasteiger charge is -2.40. The highest BCUT2D eigenvalue weighted by atomic mass is 32.2. The number of nitrogens with two attached hydrogens (primary N) is 1. The maximum atomic E-state index is 12.8. The Morgan fingerprint density at radius 3 is 2.52 bits per heavy atom. The minimum atomic E-state index is -3.64. The first-order valence-electron chi connectivity index (χ1n) is 8.44. The number of rotatable bonds is 4. The lowest BCUT2D eigenvalue weighted by atomic mass is 9.99. The van der Waals surface area contributed by atoms with E-state index in [1.807, 2.05) is 6.92 Å². The standard InChI is InChI=1S/C15H27N3O4S/c1-2-6-14(19)18-10-4-3-8-13(18)15(20)17-9-5-7-12(11-17)23(16,21)22/h12-13H,2-11H2,1H3,(H2,16,21,22). The molecule has 2 amide bonds. The van der Waals surface area contributed by atoms with Crippen molar-refractivity contribution < 1.29 is 18.0 Å². The largest absolute Gasteiger partial charge is 0.340 e. The van der Waals surface area contributed by atoms with Gasteiger partial charge in [0.2, 0.25) is 21.8 Å². The minimum absolute atomic E-state index is 0.0190. The predicted octanol–water partition coefficient (Wildman–Crippen LogP) is 0.447. The Bertz CT molecular complexity index is 549. The zero-order valence-electron chi connectivity index (χ0n) is 13.7. The summed E-state index contributed by atoms with van der Waals surface area (Å²) in [4.78, 5) is 28.4. The summed E-state index contributed by atoms with van der Waals surface area (Å²) in [5.41, 5.74) is 0. The Morgan fingerprint density at radius 2 is 1.87 bits per heavy atom. The van der Waals surface area contributed by atoms with Crippen molar-refractivity contribution in [3.05, 3.63) is 0 Å². The van der Waals surface area contributed by atoms with Crippen LogP contribution in [0.5, 0.6) is 0 Å². The van der Waals surface area contributed by atoms with E-state index in [0.29, 0.717) is 38.8 Å². The number of carbonyl (C=O) groups is 2. The molecule has 0 aliphatic carbocycles. The number of nitrogens with zero attached hydrogens (tertiary/aromatic N) is 2. The average molecular weight is 345 g/mol. The fourth-order valence-electron chi connectivity index (χ4n) is 3.46. The van der Waals surface area contributed by atoms with Gasteiger partial charge in [0.15, 0.2) is 0 Å². The lowest BCUT2D eigenvalue weighted by molar-refractivity contribution is -0.148. The zero-order chi connectivity index (χ0) is 17.0. The fraction of sp³-hybridized carbons (Fsp3) is 0.867. The summed E-state index contributed by atoms with van der Waals surface area (Å²) < 4.78 is 23.1. The van der Waals surface area contributed by atoms with Crippen LogP contribution in [0.15, 0.2) is 0 Å². The van der Waals surface area contributed by atoms with E-state index < -0.39 is 21.3 Å². The van der Waals surface area contributed by atoms with Crippen LogP contribution in [0.1, 0.15) is 51.9 Å². The maximum absolute atomic E-state index is 12.8. The molecule has 132 valence electrons. The summed E-state index contributed by atoms with van der Waals surface area (Å²) in [5, 5.41) is 4.54. The quantitative estimate of drug-likeness (QED) is 0.799. The topological polar surface area (TPSA) is 101 Å². The SMILES string of the molecule is CCCC(=O)N1CCCCC1C(=O)N1CCCC(S(N)(=O)=O)C1. The van der Waals surface area contributed by atoms with Crippen LogP contribution in [-0.4, -0.2) is 61.0 Å². The summed E-state index contributed by atoms with van der Waals surface area (Å²) >= 11 is 0. The molecule has 0 bridgehead atoms. The molecule has 23 heavy (non-hydrogen) atoms. The highest BCUT2D eigenvalue weighted by molar-refractivity contribution is 7.89. The second-order valence-electron chi connectivity index (χ2n) is 6.49. The van der Waals surface area contributed by atoms with Crippen LogP contribution >= 0.6 is 0 Å². The van der Waals surface area contributed by atoms with E-state index in [-0.39, 0.29) is 18.4 Å². The third kappa shape index (κ3) is 4.44. The van der Waals surface area contributed by atoms with Gasteiger partial charge in [-0.2, -0.15) is 0 Å². The van der Waals surface area contributed by atoms with E-state index in [1.54, 1.807) is 9.80 Å². The molecule has 0 radical (unpaired) electrons. The van der Waals surface area contributed by atoms with Gasteiger partial charge in [0.25, 0.3) is 0 Å². The second-order valence-corrected chi connectivity index (χ2v) is 8.33. The number of piperidine rings is 2. The molecule has 2 aliphatic heterocycles. The van der Waals surface area contributed by atoms with Crippen molar-refractivity contribution in [1.82, 2.24) is 9.80 Å². The van der Waals surface area contributed by atoms with E-state index in [1.165, 1.54) is 0 Å². The molecule has 0 saturated carbocycles. The van der Waals surface area contributed by atoms with Crippen LogP contribution in [-0.2, 0) is 19.6 Å². The molecule has 2 rings (SSSR count). The maximum Gasteiger partial charge on any atom is 0.245 e. The number of carbonyl (C=O) groups excluding carboxylic acids is 2. The molecule has 2 aliphatic rings. The number of likely N-dealkylation sites (tertiary alicyclic amines) is 2. The van der Waals surface area contributed by atoms with Gasteiger partial charge in [-0.05, 0) is 38.5 Å². The predicted molar refractivity (Wildman–Crippen MR) is 87.0 cm³/mol. The van der Waals surface area contributed by atoms with Crippen LogP contribution in [0, 0.1) is 0 Å². The molecular formula is C15H27N3O4S. The summed E-state index contributed by atoms with van der Waals surface area (Å²) in [6.45, 7) is 3.24. The second kappa shape index (κ2) is 7.61. The van der Waals surface area contributed by atoms with Gasteiger partial charge in [-0.3, -0.25) is 9.59 Å². The van der Waals surface area contributed by atoms with Gasteiger partial charge in [-0.25, -0.2) is 13.6 Å². The highest BCUT2D eigenvalue weighted by Crippen LogP contribution is 2.23. The summed E-state index contributed by atoms with van der Waals surface area (Å²) in [5.74, 6) is -0.104. The number of hydrogen-bond donors (Lipinski definition) is 1. The molecule has 0 aromatic carbocycles. The molecule has 0 spiro atoms. The zero-order valence-corrected chi connectivity index (χ0v) is 14.6. The van der Waals surface area contributed by atoms with Crippen LogP contribution in [0.4, 0.5) is 0 Å². The Hall–Kier alpha value is -1.15. The third-order valence-electron chi connectivity index (χ3n) is 4.73. The van der Waals surface area contributed by atoms with E-state index in [0.717, 1.165) is 19.3 Å². The highest BCUT2D eigenvalue weighted by Gasteiger charge is 2.37. The van der Waals surface area contributed by atoms with Crippen LogP contribution in [0.2, 0.25) is 0 Å². The normalized spacial score (nSPS) is 26.2. The van der Waals surface area contributed by atoms with E-state index in [9.17, 15) is 18.0 Å². The van der Waals surface area contributed by atoms with E-state index >= 15 is 0 Å². The first kappa shape index (κ1) is 18.2. The van der Waals surface area contributed by atoms with Gasteiger partial charge in [-0.15, -0.1) is 0 Å². The molecule has 2 heterocycles.